The maximum Gasteiger partial charge on any atom is 0.129 e. The summed E-state index contributed by atoms with van der Waals surface area (Å²) in [6.07, 6.45) is 2.87. The minimum Gasteiger partial charge on any atom is -0.370 e. The second-order valence-corrected chi connectivity index (χ2v) is 2.68. The highest BCUT2D eigenvalue weighted by molar-refractivity contribution is 5.85. The summed E-state index contributed by atoms with van der Waals surface area (Å²) >= 11 is 0. The third kappa shape index (κ3) is 2.24. The number of fused-ring (bicyclic) bond motifs is 1. The van der Waals surface area contributed by atoms with Gasteiger partial charge in [0.15, 0.2) is 0 Å². The molecule has 0 atom stereocenters. The first-order valence-electron chi connectivity index (χ1n) is 3.82. The lowest BCUT2D eigenvalue weighted by Gasteiger charge is -2.02. The molecule has 2 rings (SSSR count). The molecule has 1 aliphatic rings. The molecule has 0 saturated carbocycles. The minimum atomic E-state index is 0. The molecule has 1 aromatic heterocycles. The van der Waals surface area contributed by atoms with E-state index in [1.165, 1.54) is 11.1 Å². The molecule has 5 heteroatoms. The van der Waals surface area contributed by atoms with Crippen LogP contribution in [0.25, 0.3) is 0 Å². The van der Waals surface area contributed by atoms with Gasteiger partial charge in [-0.3, -0.25) is 0 Å². The summed E-state index contributed by atoms with van der Waals surface area (Å²) in [5.74, 6) is 1.02. The summed E-state index contributed by atoms with van der Waals surface area (Å²) in [5.41, 5.74) is 8.09. The Bertz CT molecular complexity index is 278. The molecule has 1 aliphatic heterocycles. The third-order valence-electron chi connectivity index (χ3n) is 2.04. The van der Waals surface area contributed by atoms with Crippen molar-refractivity contribution < 1.29 is 0 Å². The van der Waals surface area contributed by atoms with Crippen molar-refractivity contribution in [2.45, 2.75) is 13.0 Å². The van der Waals surface area contributed by atoms with Crippen molar-refractivity contribution in [2.75, 3.05) is 11.9 Å². The van der Waals surface area contributed by atoms with Gasteiger partial charge in [0.05, 0.1) is 0 Å². The summed E-state index contributed by atoms with van der Waals surface area (Å²) in [5, 5.41) is 3.21. The van der Waals surface area contributed by atoms with Crippen molar-refractivity contribution in [1.82, 2.24) is 4.98 Å². The maximum atomic E-state index is 5.57. The van der Waals surface area contributed by atoms with Crippen molar-refractivity contribution in [2.24, 2.45) is 5.73 Å². The number of halogens is 2. The van der Waals surface area contributed by atoms with Crippen LogP contribution in [0.3, 0.4) is 0 Å². The van der Waals surface area contributed by atoms with Gasteiger partial charge in [-0.1, -0.05) is 0 Å². The second kappa shape index (κ2) is 5.27. The molecule has 0 unspecified atom stereocenters. The number of hydrogen-bond donors (Lipinski definition) is 2. The van der Waals surface area contributed by atoms with Crippen LogP contribution >= 0.6 is 24.8 Å². The number of nitrogens with two attached hydrogens (primary N) is 1. The molecular formula is C8H13Cl2N3. The van der Waals surface area contributed by atoms with Crippen LogP contribution in [0, 0.1) is 0 Å². The SMILES string of the molecule is Cl.Cl.NCc1ccnc2c1CCN2. The molecule has 0 bridgehead atoms. The maximum absolute atomic E-state index is 5.57. The van der Waals surface area contributed by atoms with E-state index in [9.17, 15) is 0 Å². The Morgan fingerprint density at radius 2 is 2.23 bits per heavy atom. The van der Waals surface area contributed by atoms with Gasteiger partial charge in [-0.05, 0) is 18.1 Å². The Balaban J connectivity index is 0.000000720. The van der Waals surface area contributed by atoms with Crippen molar-refractivity contribution in [3.8, 4) is 0 Å². The average Bonchev–Trinajstić information content (AvgIpc) is 2.50. The Morgan fingerprint density at radius 1 is 1.46 bits per heavy atom. The Hall–Kier alpha value is -0.510. The van der Waals surface area contributed by atoms with Crippen molar-refractivity contribution >= 4 is 30.6 Å². The number of pyridine rings is 1. The lowest BCUT2D eigenvalue weighted by molar-refractivity contribution is 1.01. The van der Waals surface area contributed by atoms with E-state index in [1.54, 1.807) is 6.20 Å². The van der Waals surface area contributed by atoms with Crippen LogP contribution in [-0.2, 0) is 13.0 Å². The molecule has 0 saturated heterocycles. The summed E-state index contributed by atoms with van der Waals surface area (Å²) in [6.45, 7) is 1.62. The van der Waals surface area contributed by atoms with Gasteiger partial charge in [-0.2, -0.15) is 0 Å². The molecule has 1 aromatic rings. The van der Waals surface area contributed by atoms with Gasteiger partial charge in [0.1, 0.15) is 5.82 Å². The molecular weight excluding hydrogens is 209 g/mol. The largest absolute Gasteiger partial charge is 0.370 e. The zero-order chi connectivity index (χ0) is 7.68. The van der Waals surface area contributed by atoms with Gasteiger partial charge in [-0.15, -0.1) is 24.8 Å². The number of nitrogens with zero attached hydrogens (tertiary/aromatic N) is 1. The fourth-order valence-corrected chi connectivity index (χ4v) is 1.46. The lowest BCUT2D eigenvalue weighted by atomic mass is 10.1. The first-order valence-corrected chi connectivity index (χ1v) is 3.82. The first kappa shape index (κ1) is 12.5. The molecule has 74 valence electrons. The number of rotatable bonds is 1. The monoisotopic (exact) mass is 221 g/mol. The van der Waals surface area contributed by atoms with Gasteiger partial charge < -0.3 is 11.1 Å². The number of aromatic nitrogens is 1. The first-order chi connectivity index (χ1) is 5.42. The van der Waals surface area contributed by atoms with Gasteiger partial charge in [0.2, 0.25) is 0 Å². The highest BCUT2D eigenvalue weighted by Gasteiger charge is 2.13. The van der Waals surface area contributed by atoms with E-state index in [0.717, 1.165) is 18.8 Å². The normalized spacial score (nSPS) is 12.1. The van der Waals surface area contributed by atoms with Crippen LogP contribution in [0.5, 0.6) is 0 Å². The predicted octanol–water partition coefficient (Wildman–Crippen LogP) is 1.35. The van der Waals surface area contributed by atoms with Crippen molar-refractivity contribution in [3.63, 3.8) is 0 Å². The molecule has 0 amide bonds. The van der Waals surface area contributed by atoms with Crippen LogP contribution < -0.4 is 11.1 Å². The van der Waals surface area contributed by atoms with Crippen LogP contribution in [0.2, 0.25) is 0 Å². The van der Waals surface area contributed by atoms with Gasteiger partial charge in [0, 0.05) is 24.8 Å². The predicted molar refractivity (Wildman–Crippen MR) is 58.8 cm³/mol. The molecule has 0 aliphatic carbocycles. The molecule has 0 radical (unpaired) electrons. The van der Waals surface area contributed by atoms with Crippen LogP contribution in [0.4, 0.5) is 5.82 Å². The second-order valence-electron chi connectivity index (χ2n) is 2.68. The zero-order valence-electron chi connectivity index (χ0n) is 7.12. The fraction of sp³-hybridized carbons (Fsp3) is 0.375. The molecule has 3 nitrogen and oxygen atoms in total. The van der Waals surface area contributed by atoms with Crippen LogP contribution in [0.1, 0.15) is 11.1 Å². The van der Waals surface area contributed by atoms with Crippen molar-refractivity contribution in [1.29, 1.82) is 0 Å². The lowest BCUT2D eigenvalue weighted by Crippen LogP contribution is -2.00. The molecule has 13 heavy (non-hydrogen) atoms. The molecule has 0 fully saturated rings. The Labute approximate surface area is 89.9 Å². The third-order valence-corrected chi connectivity index (χ3v) is 2.04. The molecule has 3 N–H and O–H groups in total. The van der Waals surface area contributed by atoms with E-state index in [1.807, 2.05) is 6.07 Å². The fourth-order valence-electron chi connectivity index (χ4n) is 1.46. The van der Waals surface area contributed by atoms with Crippen molar-refractivity contribution in [3.05, 3.63) is 23.4 Å². The van der Waals surface area contributed by atoms with Gasteiger partial charge in [0.25, 0.3) is 0 Å². The van der Waals surface area contributed by atoms with Gasteiger partial charge >= 0.3 is 0 Å². The highest BCUT2D eigenvalue weighted by atomic mass is 35.5. The van der Waals surface area contributed by atoms with E-state index >= 15 is 0 Å². The average molecular weight is 222 g/mol. The quantitative estimate of drug-likeness (QED) is 0.754. The smallest absolute Gasteiger partial charge is 0.129 e. The molecule has 0 spiro atoms. The van der Waals surface area contributed by atoms with Crippen LogP contribution in [-0.4, -0.2) is 11.5 Å². The molecule has 2 heterocycles. The molecule has 0 aromatic carbocycles. The van der Waals surface area contributed by atoms with E-state index in [0.29, 0.717) is 6.54 Å². The standard InChI is InChI=1S/C8H11N3.2ClH/c9-5-6-1-3-10-8-7(6)2-4-11-8;;/h1,3H,2,4-5,9H2,(H,10,11);2*1H. The highest BCUT2D eigenvalue weighted by Crippen LogP contribution is 2.21. The Kier molecular flexibility index (Phi) is 5.06. The van der Waals surface area contributed by atoms with E-state index in [4.69, 9.17) is 5.73 Å². The van der Waals surface area contributed by atoms with E-state index < -0.39 is 0 Å². The topological polar surface area (TPSA) is 50.9 Å². The summed E-state index contributed by atoms with van der Waals surface area (Å²) in [4.78, 5) is 4.20. The summed E-state index contributed by atoms with van der Waals surface area (Å²) in [6, 6.07) is 1.99. The van der Waals surface area contributed by atoms with Crippen LogP contribution in [0.15, 0.2) is 12.3 Å². The summed E-state index contributed by atoms with van der Waals surface area (Å²) in [7, 11) is 0. The van der Waals surface area contributed by atoms with Gasteiger partial charge in [-0.25, -0.2) is 4.98 Å². The van der Waals surface area contributed by atoms with E-state index in [-0.39, 0.29) is 24.8 Å². The Morgan fingerprint density at radius 3 is 2.92 bits per heavy atom. The zero-order valence-corrected chi connectivity index (χ0v) is 8.75. The number of hydrogen-bond acceptors (Lipinski definition) is 3. The van der Waals surface area contributed by atoms with E-state index in [2.05, 4.69) is 10.3 Å². The summed E-state index contributed by atoms with van der Waals surface area (Å²) < 4.78 is 0. The number of nitrogens with one attached hydrogen (secondary N) is 1. The number of anilines is 1. The minimum absolute atomic E-state index is 0.